The molecule has 1 saturated heterocycles. The highest BCUT2D eigenvalue weighted by molar-refractivity contribution is 7.20. The minimum Gasteiger partial charge on any atom is -0.354 e. The molecule has 1 aromatic heterocycles. The summed E-state index contributed by atoms with van der Waals surface area (Å²) in [7, 11) is 0. The molecule has 0 radical (unpaired) electrons. The van der Waals surface area contributed by atoms with Crippen molar-refractivity contribution in [2.45, 2.75) is 6.42 Å². The average molecular weight is 274 g/mol. The van der Waals surface area contributed by atoms with Crippen LogP contribution in [0.15, 0.2) is 30.3 Å². The number of rotatable bonds is 1. The maximum Gasteiger partial charge on any atom is 0.264 e. The molecule has 0 spiro atoms. The van der Waals surface area contributed by atoms with Crippen LogP contribution in [0.5, 0.6) is 0 Å². The molecule has 4 nitrogen and oxygen atoms in total. The van der Waals surface area contributed by atoms with E-state index in [9.17, 15) is 9.59 Å². The van der Waals surface area contributed by atoms with Gasteiger partial charge in [-0.3, -0.25) is 9.59 Å². The first-order valence-corrected chi connectivity index (χ1v) is 7.10. The van der Waals surface area contributed by atoms with Gasteiger partial charge in [-0.2, -0.15) is 0 Å². The summed E-state index contributed by atoms with van der Waals surface area (Å²) < 4.78 is 1.10. The number of benzene rings is 1. The summed E-state index contributed by atoms with van der Waals surface area (Å²) in [6.07, 6.45) is 0.808. The Morgan fingerprint density at radius 3 is 3.00 bits per heavy atom. The predicted molar refractivity (Wildman–Crippen MR) is 75.4 cm³/mol. The quantitative estimate of drug-likeness (QED) is 0.863. The Labute approximate surface area is 115 Å². The number of nitrogens with zero attached hydrogens (tertiary/aromatic N) is 1. The summed E-state index contributed by atoms with van der Waals surface area (Å²) in [5, 5.41) is 3.86. The number of carbonyl (C=O) groups excluding carboxylic acids is 2. The van der Waals surface area contributed by atoms with Crippen molar-refractivity contribution >= 4 is 33.2 Å². The average Bonchev–Trinajstić information content (AvgIpc) is 2.73. The van der Waals surface area contributed by atoms with E-state index in [1.165, 1.54) is 11.3 Å². The number of fused-ring (bicyclic) bond motifs is 1. The van der Waals surface area contributed by atoms with E-state index >= 15 is 0 Å². The van der Waals surface area contributed by atoms with Crippen LogP contribution in [0, 0.1) is 0 Å². The van der Waals surface area contributed by atoms with Crippen LogP contribution in [-0.2, 0) is 4.79 Å². The minimum atomic E-state index is -0.0769. The highest BCUT2D eigenvalue weighted by atomic mass is 32.1. The van der Waals surface area contributed by atoms with Crippen LogP contribution in [0.4, 0.5) is 0 Å². The van der Waals surface area contributed by atoms with Gasteiger partial charge >= 0.3 is 0 Å². The molecule has 0 atom stereocenters. The van der Waals surface area contributed by atoms with Crippen LogP contribution in [0.2, 0.25) is 0 Å². The van der Waals surface area contributed by atoms with Crippen molar-refractivity contribution < 1.29 is 9.59 Å². The summed E-state index contributed by atoms with van der Waals surface area (Å²) in [5.41, 5.74) is 0. The molecule has 0 unspecified atom stereocenters. The van der Waals surface area contributed by atoms with E-state index < -0.39 is 0 Å². The smallest absolute Gasteiger partial charge is 0.264 e. The van der Waals surface area contributed by atoms with Gasteiger partial charge in [0, 0.05) is 17.8 Å². The summed E-state index contributed by atoms with van der Waals surface area (Å²) >= 11 is 1.48. The number of amides is 2. The molecule has 98 valence electrons. The van der Waals surface area contributed by atoms with Gasteiger partial charge < -0.3 is 10.2 Å². The molecule has 0 bridgehead atoms. The zero-order valence-corrected chi connectivity index (χ0v) is 11.2. The minimum absolute atomic E-state index is 0.0433. The standard InChI is InChI=1S/C14H14N2O2S/c17-13-9-16(7-3-6-15-13)14(18)12-8-10-4-1-2-5-11(10)19-12/h1-2,4-5,8H,3,6-7,9H2,(H,15,17). The van der Waals surface area contributed by atoms with Crippen LogP contribution < -0.4 is 5.32 Å². The van der Waals surface area contributed by atoms with Gasteiger partial charge in [0.2, 0.25) is 5.91 Å². The Morgan fingerprint density at radius 2 is 2.16 bits per heavy atom. The SMILES string of the molecule is O=C1CN(C(=O)c2cc3ccccc3s2)CCCN1. The Bertz CT molecular complexity index is 602. The second kappa shape index (κ2) is 5.01. The molecule has 0 aliphatic carbocycles. The fourth-order valence-corrected chi connectivity index (χ4v) is 3.25. The fraction of sp³-hybridized carbons (Fsp3) is 0.286. The first kappa shape index (κ1) is 12.2. The molecule has 5 heteroatoms. The molecule has 1 aliphatic rings. The fourth-order valence-electron chi connectivity index (χ4n) is 2.22. The summed E-state index contributed by atoms with van der Waals surface area (Å²) in [6, 6.07) is 9.84. The number of carbonyl (C=O) groups is 2. The molecule has 1 aliphatic heterocycles. The van der Waals surface area contributed by atoms with E-state index in [2.05, 4.69) is 5.32 Å². The van der Waals surface area contributed by atoms with Gasteiger partial charge in [0.25, 0.3) is 5.91 Å². The van der Waals surface area contributed by atoms with E-state index in [1.54, 1.807) is 4.90 Å². The molecule has 3 rings (SSSR count). The lowest BCUT2D eigenvalue weighted by atomic mass is 10.2. The van der Waals surface area contributed by atoms with Crippen LogP contribution >= 0.6 is 11.3 Å². The molecule has 0 saturated carbocycles. The van der Waals surface area contributed by atoms with E-state index in [1.807, 2.05) is 30.3 Å². The lowest BCUT2D eigenvalue weighted by Crippen LogP contribution is -2.37. The second-order valence-electron chi connectivity index (χ2n) is 4.58. The van der Waals surface area contributed by atoms with Crippen molar-refractivity contribution in [1.82, 2.24) is 10.2 Å². The number of thiophene rings is 1. The highest BCUT2D eigenvalue weighted by Crippen LogP contribution is 2.26. The number of hydrogen-bond donors (Lipinski definition) is 1. The lowest BCUT2D eigenvalue weighted by Gasteiger charge is -2.17. The Kier molecular flexibility index (Phi) is 3.21. The molecule has 1 fully saturated rings. The monoisotopic (exact) mass is 274 g/mol. The maximum atomic E-state index is 12.4. The first-order valence-electron chi connectivity index (χ1n) is 6.28. The Hall–Kier alpha value is -1.88. The van der Waals surface area contributed by atoms with Gasteiger partial charge in [0.05, 0.1) is 11.4 Å². The Morgan fingerprint density at radius 1 is 1.32 bits per heavy atom. The third kappa shape index (κ3) is 2.46. The van der Waals surface area contributed by atoms with E-state index in [0.717, 1.165) is 16.5 Å². The van der Waals surface area contributed by atoms with Crippen molar-refractivity contribution in [2.75, 3.05) is 19.6 Å². The van der Waals surface area contributed by atoms with E-state index in [-0.39, 0.29) is 18.4 Å². The molecule has 1 N–H and O–H groups in total. The van der Waals surface area contributed by atoms with Crippen molar-refractivity contribution in [3.8, 4) is 0 Å². The third-order valence-corrected chi connectivity index (χ3v) is 4.29. The number of nitrogens with one attached hydrogen (secondary N) is 1. The van der Waals surface area contributed by atoms with Crippen LogP contribution in [0.25, 0.3) is 10.1 Å². The van der Waals surface area contributed by atoms with Gasteiger partial charge in [-0.25, -0.2) is 0 Å². The zero-order chi connectivity index (χ0) is 13.2. The maximum absolute atomic E-state index is 12.4. The van der Waals surface area contributed by atoms with Crippen molar-refractivity contribution in [2.24, 2.45) is 0 Å². The first-order chi connectivity index (χ1) is 9.24. The normalized spacial score (nSPS) is 16.2. The van der Waals surface area contributed by atoms with Gasteiger partial charge in [0.15, 0.2) is 0 Å². The van der Waals surface area contributed by atoms with Gasteiger partial charge in [-0.05, 0) is 23.9 Å². The topological polar surface area (TPSA) is 49.4 Å². The van der Waals surface area contributed by atoms with Crippen molar-refractivity contribution in [1.29, 1.82) is 0 Å². The van der Waals surface area contributed by atoms with Gasteiger partial charge in [-0.15, -0.1) is 11.3 Å². The lowest BCUT2D eigenvalue weighted by molar-refractivity contribution is -0.121. The highest BCUT2D eigenvalue weighted by Gasteiger charge is 2.22. The van der Waals surface area contributed by atoms with E-state index in [0.29, 0.717) is 18.0 Å². The molecule has 2 amide bonds. The zero-order valence-electron chi connectivity index (χ0n) is 10.4. The third-order valence-electron chi connectivity index (χ3n) is 3.18. The van der Waals surface area contributed by atoms with E-state index in [4.69, 9.17) is 0 Å². The van der Waals surface area contributed by atoms with Crippen LogP contribution in [0.1, 0.15) is 16.1 Å². The van der Waals surface area contributed by atoms with Crippen molar-refractivity contribution in [3.05, 3.63) is 35.2 Å². The predicted octanol–water partition coefficient (Wildman–Crippen LogP) is 1.86. The van der Waals surface area contributed by atoms with Gasteiger partial charge in [-0.1, -0.05) is 18.2 Å². The summed E-state index contributed by atoms with van der Waals surface area (Å²) in [5.74, 6) is -0.120. The van der Waals surface area contributed by atoms with Crippen LogP contribution in [-0.4, -0.2) is 36.3 Å². The Balaban J connectivity index is 1.87. The largest absolute Gasteiger partial charge is 0.354 e. The molecule has 2 aromatic rings. The second-order valence-corrected chi connectivity index (χ2v) is 5.66. The van der Waals surface area contributed by atoms with Crippen molar-refractivity contribution in [3.63, 3.8) is 0 Å². The molecule has 19 heavy (non-hydrogen) atoms. The molecule has 1 aromatic carbocycles. The molecule has 2 heterocycles. The summed E-state index contributed by atoms with van der Waals surface area (Å²) in [6.45, 7) is 1.44. The molecular weight excluding hydrogens is 260 g/mol. The van der Waals surface area contributed by atoms with Gasteiger partial charge in [0.1, 0.15) is 0 Å². The number of hydrogen-bond acceptors (Lipinski definition) is 3. The summed E-state index contributed by atoms with van der Waals surface area (Å²) in [4.78, 5) is 26.3. The molecular formula is C14H14N2O2S. The van der Waals surface area contributed by atoms with Crippen LogP contribution in [0.3, 0.4) is 0 Å².